The largest absolute Gasteiger partial charge is 0.315 e. The van der Waals surface area contributed by atoms with E-state index in [1.54, 1.807) is 0 Å². The predicted molar refractivity (Wildman–Crippen MR) is 27.1 cm³/mol. The van der Waals surface area contributed by atoms with E-state index in [2.05, 4.69) is 5.32 Å². The van der Waals surface area contributed by atoms with Gasteiger partial charge in [0.15, 0.2) is 0 Å². The van der Waals surface area contributed by atoms with Crippen molar-refractivity contribution in [2.45, 2.75) is 11.8 Å². The van der Waals surface area contributed by atoms with Crippen LogP contribution in [0.1, 0.15) is 6.42 Å². The number of alkyl halides is 1. The van der Waals surface area contributed by atoms with Gasteiger partial charge in [0, 0.05) is 11.9 Å². The summed E-state index contributed by atoms with van der Waals surface area (Å²) in [6, 6.07) is 0. The van der Waals surface area contributed by atoms with Gasteiger partial charge >= 0.3 is 0 Å². The maximum atomic E-state index is 5.65. The quantitative estimate of drug-likeness (QED) is 0.445. The van der Waals surface area contributed by atoms with Gasteiger partial charge < -0.3 is 5.32 Å². The highest BCUT2D eigenvalue weighted by Gasteiger charge is 2.08. The first-order valence-electron chi connectivity index (χ1n) is 2.24. The van der Waals surface area contributed by atoms with Crippen molar-refractivity contribution in [3.8, 4) is 0 Å². The maximum absolute atomic E-state index is 5.65. The van der Waals surface area contributed by atoms with E-state index >= 15 is 0 Å². The lowest BCUT2D eigenvalue weighted by molar-refractivity contribution is 0.858. The fourth-order valence-corrected chi connectivity index (χ4v) is 0.838. The average molecular weight is 106 g/mol. The van der Waals surface area contributed by atoms with Crippen LogP contribution in [0.25, 0.3) is 0 Å². The Balaban J connectivity index is 2.18. The standard InChI is InChI=1S/C4H8ClN/c5-4-1-2-6-3-4/h4,6H,1-3H2/t4-/m0/s1. The van der Waals surface area contributed by atoms with Crippen LogP contribution in [0.2, 0.25) is 0 Å². The molecule has 2 heteroatoms. The molecule has 0 aromatic carbocycles. The number of hydrogen-bond donors (Lipinski definition) is 1. The lowest BCUT2D eigenvalue weighted by atomic mass is 10.4. The summed E-state index contributed by atoms with van der Waals surface area (Å²) in [7, 11) is 0. The third kappa shape index (κ3) is 0.854. The van der Waals surface area contributed by atoms with E-state index in [9.17, 15) is 0 Å². The van der Waals surface area contributed by atoms with Crippen molar-refractivity contribution in [1.82, 2.24) is 5.32 Å². The molecule has 1 N–H and O–H groups in total. The zero-order valence-electron chi connectivity index (χ0n) is 3.58. The Bertz CT molecular complexity index is 40.8. The minimum absolute atomic E-state index is 0.407. The molecule has 0 aromatic rings. The fraction of sp³-hybridized carbons (Fsp3) is 1.00. The predicted octanol–water partition coefficient (Wildman–Crippen LogP) is 0.587. The molecule has 6 heavy (non-hydrogen) atoms. The first-order valence-corrected chi connectivity index (χ1v) is 2.68. The summed E-state index contributed by atoms with van der Waals surface area (Å²) in [4.78, 5) is 0. The summed E-state index contributed by atoms with van der Waals surface area (Å²) < 4.78 is 0. The van der Waals surface area contributed by atoms with E-state index in [4.69, 9.17) is 11.6 Å². The molecule has 0 amide bonds. The summed E-state index contributed by atoms with van der Waals surface area (Å²) in [5.41, 5.74) is 0. The molecule has 1 fully saturated rings. The molecular formula is C4H8ClN. The smallest absolute Gasteiger partial charge is 0.0472 e. The highest BCUT2D eigenvalue weighted by molar-refractivity contribution is 6.20. The summed E-state index contributed by atoms with van der Waals surface area (Å²) in [6.07, 6.45) is 1.14. The van der Waals surface area contributed by atoms with Crippen LogP contribution in [-0.2, 0) is 0 Å². The zero-order valence-corrected chi connectivity index (χ0v) is 4.33. The Hall–Kier alpha value is 0.250. The third-order valence-corrected chi connectivity index (χ3v) is 1.37. The second-order valence-corrected chi connectivity index (χ2v) is 2.21. The summed E-state index contributed by atoms with van der Waals surface area (Å²) in [5, 5.41) is 3.55. The van der Waals surface area contributed by atoms with Crippen LogP contribution in [0.3, 0.4) is 0 Å². The zero-order chi connectivity index (χ0) is 4.41. The molecule has 1 rings (SSSR count). The van der Waals surface area contributed by atoms with Crippen molar-refractivity contribution < 1.29 is 0 Å². The number of halogens is 1. The molecule has 0 unspecified atom stereocenters. The van der Waals surface area contributed by atoms with Crippen molar-refractivity contribution in [3.05, 3.63) is 0 Å². The van der Waals surface area contributed by atoms with Crippen molar-refractivity contribution in [2.24, 2.45) is 0 Å². The maximum Gasteiger partial charge on any atom is 0.0472 e. The number of rotatable bonds is 0. The lowest BCUT2D eigenvalue weighted by Gasteiger charge is -1.87. The SMILES string of the molecule is Cl[C@H]1CCNC1. The number of nitrogens with one attached hydrogen (secondary N) is 1. The van der Waals surface area contributed by atoms with Crippen molar-refractivity contribution in [1.29, 1.82) is 0 Å². The molecule has 0 aliphatic carbocycles. The van der Waals surface area contributed by atoms with E-state index in [0.29, 0.717) is 5.38 Å². The van der Waals surface area contributed by atoms with Gasteiger partial charge in [0.05, 0.1) is 0 Å². The van der Waals surface area contributed by atoms with Gasteiger partial charge in [-0.3, -0.25) is 0 Å². The van der Waals surface area contributed by atoms with E-state index in [-0.39, 0.29) is 0 Å². The minimum atomic E-state index is 0.407. The monoisotopic (exact) mass is 105 g/mol. The molecule has 0 radical (unpaired) electrons. The molecule has 36 valence electrons. The van der Waals surface area contributed by atoms with Crippen molar-refractivity contribution >= 4 is 11.6 Å². The molecule has 1 nitrogen and oxygen atoms in total. The number of hydrogen-bond acceptors (Lipinski definition) is 1. The lowest BCUT2D eigenvalue weighted by Crippen LogP contribution is -2.07. The Morgan fingerprint density at radius 1 is 1.67 bits per heavy atom. The topological polar surface area (TPSA) is 12.0 Å². The van der Waals surface area contributed by atoms with Gasteiger partial charge in [-0.15, -0.1) is 11.6 Å². The summed E-state index contributed by atoms with van der Waals surface area (Å²) in [5.74, 6) is 0. The Labute approximate surface area is 42.7 Å². The Kier molecular flexibility index (Phi) is 1.33. The Morgan fingerprint density at radius 3 is 2.67 bits per heavy atom. The van der Waals surface area contributed by atoms with E-state index in [1.165, 1.54) is 0 Å². The molecule has 1 atom stereocenters. The summed E-state index contributed by atoms with van der Waals surface area (Å²) >= 11 is 5.65. The molecule has 0 spiro atoms. The molecule has 1 aliphatic rings. The molecular weight excluding hydrogens is 97.5 g/mol. The minimum Gasteiger partial charge on any atom is -0.315 e. The van der Waals surface area contributed by atoms with Gasteiger partial charge in [0.25, 0.3) is 0 Å². The van der Waals surface area contributed by atoms with Crippen LogP contribution in [0.4, 0.5) is 0 Å². The highest BCUT2D eigenvalue weighted by Crippen LogP contribution is 2.03. The second kappa shape index (κ2) is 1.80. The van der Waals surface area contributed by atoms with Gasteiger partial charge in [0.1, 0.15) is 0 Å². The molecule has 0 aromatic heterocycles. The van der Waals surface area contributed by atoms with E-state index < -0.39 is 0 Å². The Morgan fingerprint density at radius 2 is 2.50 bits per heavy atom. The van der Waals surface area contributed by atoms with Crippen LogP contribution >= 0.6 is 11.6 Å². The van der Waals surface area contributed by atoms with E-state index in [0.717, 1.165) is 19.5 Å². The van der Waals surface area contributed by atoms with Crippen LogP contribution in [-0.4, -0.2) is 18.5 Å². The van der Waals surface area contributed by atoms with Crippen LogP contribution in [0, 0.1) is 0 Å². The summed E-state index contributed by atoms with van der Waals surface area (Å²) in [6.45, 7) is 2.11. The third-order valence-electron chi connectivity index (χ3n) is 1.00. The average Bonchev–Trinajstić information content (AvgIpc) is 1.86. The normalized spacial score (nSPS) is 34.5. The van der Waals surface area contributed by atoms with Crippen molar-refractivity contribution in [3.63, 3.8) is 0 Å². The van der Waals surface area contributed by atoms with Crippen molar-refractivity contribution in [2.75, 3.05) is 13.1 Å². The van der Waals surface area contributed by atoms with Gasteiger partial charge in [-0.2, -0.15) is 0 Å². The first kappa shape index (κ1) is 4.41. The van der Waals surface area contributed by atoms with E-state index in [1.807, 2.05) is 0 Å². The fourth-order valence-electron chi connectivity index (χ4n) is 0.619. The molecule has 0 saturated carbocycles. The first-order chi connectivity index (χ1) is 2.89. The van der Waals surface area contributed by atoms with Crippen LogP contribution in [0.5, 0.6) is 0 Å². The van der Waals surface area contributed by atoms with Gasteiger partial charge in [-0.25, -0.2) is 0 Å². The highest BCUT2D eigenvalue weighted by atomic mass is 35.5. The molecule has 0 bridgehead atoms. The van der Waals surface area contributed by atoms with Crippen LogP contribution < -0.4 is 5.32 Å². The van der Waals surface area contributed by atoms with Crippen LogP contribution in [0.15, 0.2) is 0 Å². The van der Waals surface area contributed by atoms with Gasteiger partial charge in [0.2, 0.25) is 0 Å². The van der Waals surface area contributed by atoms with Gasteiger partial charge in [-0.1, -0.05) is 0 Å². The molecule has 1 heterocycles. The second-order valence-electron chi connectivity index (χ2n) is 1.59. The van der Waals surface area contributed by atoms with Gasteiger partial charge in [-0.05, 0) is 13.0 Å². The molecule has 1 aliphatic heterocycles. The molecule has 1 saturated heterocycles.